The Hall–Kier alpha value is -5.31. The van der Waals surface area contributed by atoms with Gasteiger partial charge in [-0.2, -0.15) is 13.4 Å². The third kappa shape index (κ3) is 12.9. The first-order chi connectivity index (χ1) is 25.6. The molecule has 3 aromatic carbocycles. The first kappa shape index (κ1) is 44.1. The van der Waals surface area contributed by atoms with Gasteiger partial charge in [0, 0.05) is 41.9 Å². The molecule has 24 heteroatoms. The Kier molecular flexibility index (Phi) is 15.1. The average molecular weight is 849 g/mol. The van der Waals surface area contributed by atoms with Gasteiger partial charge in [-0.3, -0.25) is 24.2 Å². The van der Waals surface area contributed by atoms with Gasteiger partial charge in [0.2, 0.25) is 0 Å². The molecule has 0 fully saturated rings. The molecule has 0 amide bonds. The fourth-order valence-electron chi connectivity index (χ4n) is 3.93. The Labute approximate surface area is 320 Å². The van der Waals surface area contributed by atoms with Crippen LogP contribution in [0.5, 0.6) is 11.5 Å². The number of hydrogen-bond donors (Lipinski definition) is 4. The molecule has 0 radical (unpaired) electrons. The lowest BCUT2D eigenvalue weighted by Crippen LogP contribution is -2.30. The number of ether oxygens (including phenoxy) is 2. The zero-order valence-electron chi connectivity index (χ0n) is 28.6. The van der Waals surface area contributed by atoms with E-state index in [0.717, 1.165) is 35.9 Å². The van der Waals surface area contributed by atoms with E-state index in [9.17, 15) is 41.5 Å². The molecule has 5 rings (SSSR count). The Balaban J connectivity index is 0.000000235. The smallest absolute Gasteiger partial charge is 0.345 e. The summed E-state index contributed by atoms with van der Waals surface area (Å²) in [7, 11) is -6.31. The number of nitrogens with zero attached hydrogens (tertiary/aromatic N) is 5. The van der Waals surface area contributed by atoms with E-state index in [2.05, 4.69) is 19.8 Å². The summed E-state index contributed by atoms with van der Waals surface area (Å²) < 4.78 is 75.0. The maximum atomic E-state index is 13.5. The fraction of sp³-hybridized carbons (Fsp3) is 0.194. The summed E-state index contributed by atoms with van der Waals surface area (Å²) in [6.45, 7) is 2.89. The number of halogens is 4. The number of carboxylic acid groups (broad SMARTS) is 1. The number of nitro benzene ring substituents is 1. The van der Waals surface area contributed by atoms with Crippen molar-refractivity contribution in [3.8, 4) is 11.5 Å². The number of aromatic nitrogens is 4. The lowest BCUT2D eigenvalue weighted by molar-refractivity contribution is -0.385. The van der Waals surface area contributed by atoms with Crippen LogP contribution in [0.3, 0.4) is 0 Å². The number of carbonyl (C=O) groups is 2. The van der Waals surface area contributed by atoms with Crippen molar-refractivity contribution in [1.29, 1.82) is 0 Å². The monoisotopic (exact) mass is 847 g/mol. The van der Waals surface area contributed by atoms with E-state index in [4.69, 9.17) is 43.7 Å². The summed E-state index contributed by atoms with van der Waals surface area (Å²) in [6.07, 6.45) is 1.48. The molecule has 5 N–H and O–H groups in total. The van der Waals surface area contributed by atoms with Gasteiger partial charge in [0.15, 0.2) is 7.37 Å². The number of carboxylic acids is 1. The molecular weight excluding hydrogens is 818 g/mol. The van der Waals surface area contributed by atoms with E-state index in [1.165, 1.54) is 31.1 Å². The molecule has 0 saturated heterocycles. The summed E-state index contributed by atoms with van der Waals surface area (Å²) in [4.78, 5) is 48.5. The minimum atomic E-state index is -4.35. The molecule has 0 saturated carbocycles. The summed E-state index contributed by atoms with van der Waals surface area (Å²) in [5, 5.41) is 23.0. The van der Waals surface area contributed by atoms with Crippen LogP contribution in [0.2, 0.25) is 10.0 Å². The number of carbonyl (C=O) groups excluding carboxylic acids is 1. The summed E-state index contributed by atoms with van der Waals surface area (Å²) >= 11 is 11.8. The van der Waals surface area contributed by atoms with Crippen LogP contribution in [0.4, 0.5) is 20.2 Å². The Morgan fingerprint density at radius 2 is 1.76 bits per heavy atom. The molecule has 0 aliphatic rings. The quantitative estimate of drug-likeness (QED) is 0.0539. The zero-order valence-corrected chi connectivity index (χ0v) is 31.8. The molecule has 5 aromatic rings. The van der Waals surface area contributed by atoms with E-state index in [-0.39, 0.29) is 40.4 Å². The number of sulfonamides is 1. The molecule has 0 spiro atoms. The number of benzene rings is 3. The van der Waals surface area contributed by atoms with E-state index >= 15 is 0 Å². The Bertz CT molecular complexity index is 2360. The van der Waals surface area contributed by atoms with Gasteiger partial charge >= 0.3 is 11.9 Å². The van der Waals surface area contributed by atoms with Crippen molar-refractivity contribution in [3.63, 3.8) is 0 Å². The summed E-state index contributed by atoms with van der Waals surface area (Å²) in [5.41, 5.74) is 4.34. The molecule has 0 bridgehead atoms. The van der Waals surface area contributed by atoms with Gasteiger partial charge in [0.1, 0.15) is 40.4 Å². The molecule has 294 valence electrons. The van der Waals surface area contributed by atoms with E-state index in [1.807, 2.05) is 0 Å². The molecular formula is C31H30Cl2F2N7O11PS. The van der Waals surface area contributed by atoms with Crippen LogP contribution in [0.15, 0.2) is 72.0 Å². The number of nitrogens with two attached hydrogens (primary N) is 1. The van der Waals surface area contributed by atoms with Gasteiger partial charge in [-0.1, -0.05) is 29.3 Å². The lowest BCUT2D eigenvalue weighted by Gasteiger charge is -2.09. The molecule has 2 heterocycles. The molecule has 18 nitrogen and oxygen atoms in total. The maximum Gasteiger partial charge on any atom is 0.345 e. The van der Waals surface area contributed by atoms with Crippen LogP contribution in [0, 0.1) is 28.7 Å². The number of methoxy groups -OCH3 is 1. The van der Waals surface area contributed by atoms with Crippen LogP contribution >= 0.6 is 30.6 Å². The second-order valence-electron chi connectivity index (χ2n) is 11.0. The highest BCUT2D eigenvalue weighted by Gasteiger charge is 2.25. The molecule has 2 atom stereocenters. The fourth-order valence-corrected chi connectivity index (χ4v) is 6.09. The van der Waals surface area contributed by atoms with E-state index in [1.54, 1.807) is 29.8 Å². The number of anilines is 1. The van der Waals surface area contributed by atoms with Crippen molar-refractivity contribution in [1.82, 2.24) is 19.6 Å². The lowest BCUT2D eigenvalue weighted by atomic mass is 10.1. The van der Waals surface area contributed by atoms with Crippen LogP contribution in [0.1, 0.15) is 22.5 Å². The van der Waals surface area contributed by atoms with Gasteiger partial charge in [0.25, 0.3) is 26.6 Å². The second-order valence-corrected chi connectivity index (χ2v) is 16.0. The standard InChI is InChI=1S/C14H9Cl2NO5.C12H9F2N5O2S.C5H12NO4P/c1-21-14(18)10-7-9(3-4-12(10)17(19)20)22-13-5-2-8(15)6-11(13)16;1-7-5-6-19-11(15-7)16-12(17-19)22(20,21)18-10-8(13)3-2-4-9(10)14;1-11(9,10)3-2-4(6)5(7)8/h2-7H,1H3;2-6,18H,1H3;4H,2-3,6H2,1H3,(H,7,8)(H,9,10). The molecule has 0 aliphatic carbocycles. The van der Waals surface area contributed by atoms with E-state index in [0.29, 0.717) is 16.5 Å². The van der Waals surface area contributed by atoms with Gasteiger partial charge in [-0.25, -0.2) is 23.1 Å². The van der Waals surface area contributed by atoms with Gasteiger partial charge in [0.05, 0.1) is 17.1 Å². The van der Waals surface area contributed by atoms with Crippen LogP contribution in [0.25, 0.3) is 5.78 Å². The number of nitrogens with one attached hydrogen (secondary N) is 1. The Morgan fingerprint density at radius 1 is 1.11 bits per heavy atom. The highest BCUT2D eigenvalue weighted by Crippen LogP contribution is 2.36. The number of aliphatic carboxylic acids is 1. The van der Waals surface area contributed by atoms with E-state index < -0.39 is 62.8 Å². The third-order valence-electron chi connectivity index (χ3n) is 6.63. The van der Waals surface area contributed by atoms with Crippen molar-refractivity contribution in [2.75, 3.05) is 24.7 Å². The molecule has 2 unspecified atom stereocenters. The Morgan fingerprint density at radius 3 is 2.33 bits per heavy atom. The summed E-state index contributed by atoms with van der Waals surface area (Å²) in [6, 6.07) is 11.9. The number of fused-ring (bicyclic) bond motifs is 1. The predicted molar refractivity (Wildman–Crippen MR) is 195 cm³/mol. The second kappa shape index (κ2) is 18.8. The largest absolute Gasteiger partial charge is 0.480 e. The molecule has 2 aromatic heterocycles. The van der Waals surface area contributed by atoms with Gasteiger partial charge in [-0.15, -0.1) is 5.10 Å². The van der Waals surface area contributed by atoms with Gasteiger partial charge in [-0.05, 0) is 55.8 Å². The zero-order chi connectivity index (χ0) is 41.2. The number of esters is 1. The number of rotatable bonds is 11. The van der Waals surface area contributed by atoms with Crippen LogP contribution in [-0.2, 0) is 24.1 Å². The highest BCUT2D eigenvalue weighted by atomic mass is 35.5. The predicted octanol–water partition coefficient (Wildman–Crippen LogP) is 5.68. The SMILES string of the molecule is COC(=O)c1cc(Oc2ccc(Cl)cc2Cl)ccc1[N+](=O)[O-].CP(=O)(O)CCC(N)C(=O)O.Cc1ccn2nc(S(=O)(=O)Nc3c(F)cccc3F)nc2n1. The first-order valence-corrected chi connectivity index (χ1v) is 19.6. The molecule has 55 heavy (non-hydrogen) atoms. The normalized spacial score (nSPS) is 12.5. The topological polar surface area (TPSA) is 269 Å². The number of aryl methyl sites for hydroxylation is 1. The maximum absolute atomic E-state index is 13.5. The summed E-state index contributed by atoms with van der Waals surface area (Å²) in [5.74, 6) is -3.49. The van der Waals surface area contributed by atoms with Crippen molar-refractivity contribution in [2.24, 2.45) is 5.73 Å². The number of para-hydroxylation sites is 1. The minimum absolute atomic E-state index is 0.0412. The average Bonchev–Trinajstić information content (AvgIpc) is 3.54. The van der Waals surface area contributed by atoms with Crippen LogP contribution in [-0.4, -0.2) is 80.8 Å². The van der Waals surface area contributed by atoms with Crippen molar-refractivity contribution >= 4 is 69.7 Å². The first-order valence-electron chi connectivity index (χ1n) is 15.1. The highest BCUT2D eigenvalue weighted by molar-refractivity contribution is 7.92. The minimum Gasteiger partial charge on any atom is -0.480 e. The van der Waals surface area contributed by atoms with Crippen molar-refractivity contribution in [3.05, 3.63) is 110 Å². The van der Waals surface area contributed by atoms with Crippen LogP contribution < -0.4 is 15.2 Å². The number of hydrogen-bond acceptors (Lipinski definition) is 13. The molecule has 0 aliphatic heterocycles. The van der Waals surface area contributed by atoms with Gasteiger partial charge < -0.3 is 25.2 Å². The van der Waals surface area contributed by atoms with Crippen molar-refractivity contribution < 1.29 is 55.7 Å². The van der Waals surface area contributed by atoms with Crippen molar-refractivity contribution in [2.45, 2.75) is 24.5 Å². The number of nitro groups is 1. The third-order valence-corrected chi connectivity index (χ3v) is 9.38.